The molecule has 9 heteroatoms. The molecule has 0 heterocycles. The molecule has 27 heavy (non-hydrogen) atoms. The zero-order valence-corrected chi connectivity index (χ0v) is 15.8. The summed E-state index contributed by atoms with van der Waals surface area (Å²) in [6.07, 6.45) is -2.16. The third-order valence-electron chi connectivity index (χ3n) is 3.17. The summed E-state index contributed by atoms with van der Waals surface area (Å²) in [7, 11) is 1.37. The van der Waals surface area contributed by atoms with E-state index in [9.17, 15) is 19.2 Å². The molecule has 0 bridgehead atoms. The Morgan fingerprint density at radius 1 is 0.852 bits per heavy atom. The average molecular weight is 382 g/mol. The lowest BCUT2D eigenvalue weighted by Crippen LogP contribution is -2.32. The lowest BCUT2D eigenvalue weighted by Gasteiger charge is -2.26. The van der Waals surface area contributed by atoms with Gasteiger partial charge in [0.1, 0.15) is 6.61 Å². The van der Waals surface area contributed by atoms with Crippen LogP contribution in [0.3, 0.4) is 0 Å². The fraction of sp³-hybridized carbons (Fsp3) is 0.444. The number of carbonyl (C=O) groups excluding carboxylic acids is 4. The minimum absolute atomic E-state index is 0.166. The van der Waals surface area contributed by atoms with Gasteiger partial charge in [-0.15, -0.1) is 0 Å². The van der Waals surface area contributed by atoms with Gasteiger partial charge in [-0.2, -0.15) is 0 Å². The van der Waals surface area contributed by atoms with Crippen LogP contribution in [0.2, 0.25) is 0 Å². The highest BCUT2D eigenvalue weighted by molar-refractivity contribution is 5.71. The van der Waals surface area contributed by atoms with E-state index in [0.29, 0.717) is 5.56 Å². The summed E-state index contributed by atoms with van der Waals surface area (Å²) in [6, 6.07) is 4.43. The van der Waals surface area contributed by atoms with Crippen LogP contribution in [-0.4, -0.2) is 43.7 Å². The summed E-state index contributed by atoms with van der Waals surface area (Å²) in [6.45, 7) is 4.48. The van der Waals surface area contributed by atoms with Crippen molar-refractivity contribution < 1.29 is 42.9 Å². The second kappa shape index (κ2) is 10.1. The Hall–Kier alpha value is -3.10. The maximum Gasteiger partial charge on any atom is 0.308 e. The van der Waals surface area contributed by atoms with E-state index in [1.807, 2.05) is 0 Å². The summed E-state index contributed by atoms with van der Waals surface area (Å²) in [4.78, 5) is 45.3. The van der Waals surface area contributed by atoms with Crippen LogP contribution in [-0.2, 0) is 33.4 Å². The normalized spacial score (nSPS) is 12.3. The molecule has 0 N–H and O–H groups in total. The predicted molar refractivity (Wildman–Crippen MR) is 91.0 cm³/mol. The first-order valence-electron chi connectivity index (χ1n) is 7.98. The Balaban J connectivity index is 3.29. The molecule has 1 aromatic carbocycles. The third-order valence-corrected chi connectivity index (χ3v) is 3.17. The number of benzene rings is 1. The third kappa shape index (κ3) is 7.35. The molecule has 2 atom stereocenters. The van der Waals surface area contributed by atoms with Crippen molar-refractivity contribution in [3.8, 4) is 11.5 Å². The average Bonchev–Trinajstić information content (AvgIpc) is 2.56. The zero-order valence-electron chi connectivity index (χ0n) is 15.8. The molecule has 0 radical (unpaired) electrons. The molecule has 0 unspecified atom stereocenters. The number of ether oxygens (including phenoxy) is 5. The van der Waals surface area contributed by atoms with Crippen LogP contribution in [0, 0.1) is 0 Å². The van der Waals surface area contributed by atoms with Gasteiger partial charge in [0, 0.05) is 33.3 Å². The van der Waals surface area contributed by atoms with Gasteiger partial charge >= 0.3 is 23.9 Å². The van der Waals surface area contributed by atoms with Crippen LogP contribution in [0.4, 0.5) is 0 Å². The zero-order chi connectivity index (χ0) is 20.6. The Labute approximate surface area is 156 Å². The van der Waals surface area contributed by atoms with Gasteiger partial charge in [-0.25, -0.2) is 0 Å². The van der Waals surface area contributed by atoms with Gasteiger partial charge in [-0.3, -0.25) is 19.2 Å². The van der Waals surface area contributed by atoms with E-state index in [4.69, 9.17) is 23.7 Å². The molecule has 0 spiro atoms. The first kappa shape index (κ1) is 21.9. The van der Waals surface area contributed by atoms with E-state index in [-0.39, 0.29) is 18.1 Å². The van der Waals surface area contributed by atoms with E-state index in [0.717, 1.165) is 0 Å². The van der Waals surface area contributed by atoms with Gasteiger partial charge in [-0.1, -0.05) is 6.07 Å². The molecule has 0 aliphatic rings. The summed E-state index contributed by atoms with van der Waals surface area (Å²) in [5.41, 5.74) is 0.386. The number of rotatable bonds is 8. The second-order valence-electron chi connectivity index (χ2n) is 5.48. The van der Waals surface area contributed by atoms with E-state index >= 15 is 0 Å². The summed E-state index contributed by atoms with van der Waals surface area (Å²) >= 11 is 0. The molecule has 148 valence electrons. The molecule has 1 rings (SSSR count). The summed E-state index contributed by atoms with van der Waals surface area (Å²) in [5.74, 6) is -2.04. The van der Waals surface area contributed by atoms with E-state index < -0.39 is 36.1 Å². The first-order valence-corrected chi connectivity index (χ1v) is 7.98. The highest BCUT2D eigenvalue weighted by atomic mass is 16.6. The predicted octanol–water partition coefficient (Wildman–Crippen LogP) is 1.72. The Kier molecular flexibility index (Phi) is 8.25. The minimum Gasteiger partial charge on any atom is -0.493 e. The molecule has 1 aromatic rings. The van der Waals surface area contributed by atoms with E-state index in [2.05, 4.69) is 0 Å². The van der Waals surface area contributed by atoms with Gasteiger partial charge in [0.2, 0.25) is 0 Å². The van der Waals surface area contributed by atoms with E-state index in [1.165, 1.54) is 53.0 Å². The van der Waals surface area contributed by atoms with Crippen LogP contribution in [0.1, 0.15) is 39.4 Å². The lowest BCUT2D eigenvalue weighted by atomic mass is 10.0. The van der Waals surface area contributed by atoms with Crippen molar-refractivity contribution >= 4 is 23.9 Å². The van der Waals surface area contributed by atoms with Gasteiger partial charge in [0.15, 0.2) is 23.7 Å². The monoisotopic (exact) mass is 382 g/mol. The number of carbonyl (C=O) groups is 4. The molecule has 0 aromatic heterocycles. The molecule has 0 saturated carbocycles. The quantitative estimate of drug-likeness (QED) is 0.376. The van der Waals surface area contributed by atoms with Crippen LogP contribution < -0.4 is 9.47 Å². The highest BCUT2D eigenvalue weighted by Crippen LogP contribution is 2.33. The van der Waals surface area contributed by atoms with Crippen molar-refractivity contribution in [2.24, 2.45) is 0 Å². The van der Waals surface area contributed by atoms with Gasteiger partial charge < -0.3 is 23.7 Å². The smallest absolute Gasteiger partial charge is 0.308 e. The molecule has 0 saturated heterocycles. The Bertz CT molecular complexity index is 711. The van der Waals surface area contributed by atoms with Gasteiger partial charge in [0.05, 0.1) is 7.11 Å². The molecule has 0 aliphatic carbocycles. The molecular formula is C18H22O9. The van der Waals surface area contributed by atoms with Crippen molar-refractivity contribution in [3.63, 3.8) is 0 Å². The van der Waals surface area contributed by atoms with Crippen LogP contribution in [0.25, 0.3) is 0 Å². The molecule has 9 nitrogen and oxygen atoms in total. The largest absolute Gasteiger partial charge is 0.493 e. The van der Waals surface area contributed by atoms with Crippen molar-refractivity contribution in [2.45, 2.75) is 39.9 Å². The van der Waals surface area contributed by atoms with E-state index in [1.54, 1.807) is 0 Å². The molecule has 0 amide bonds. The Morgan fingerprint density at radius 3 is 1.96 bits per heavy atom. The van der Waals surface area contributed by atoms with Crippen LogP contribution in [0.5, 0.6) is 11.5 Å². The minimum atomic E-state index is -1.08. The molecular weight excluding hydrogens is 360 g/mol. The molecule has 0 aliphatic heterocycles. The first-order chi connectivity index (χ1) is 12.6. The second-order valence-corrected chi connectivity index (χ2v) is 5.48. The fourth-order valence-corrected chi connectivity index (χ4v) is 2.23. The SMILES string of the molecule is COc1cc([C@@H](OC(C)=O)[C@H](COC(C)=O)OC(C)=O)ccc1OC(C)=O. The fourth-order valence-electron chi connectivity index (χ4n) is 2.23. The topological polar surface area (TPSA) is 114 Å². The van der Waals surface area contributed by atoms with Crippen molar-refractivity contribution in [3.05, 3.63) is 23.8 Å². The lowest BCUT2D eigenvalue weighted by molar-refractivity contribution is -0.173. The van der Waals surface area contributed by atoms with Crippen molar-refractivity contribution in [1.82, 2.24) is 0 Å². The van der Waals surface area contributed by atoms with Crippen LogP contribution in [0.15, 0.2) is 18.2 Å². The number of esters is 4. The maximum atomic E-state index is 11.6. The highest BCUT2D eigenvalue weighted by Gasteiger charge is 2.31. The van der Waals surface area contributed by atoms with Gasteiger partial charge in [0.25, 0.3) is 0 Å². The Morgan fingerprint density at radius 2 is 1.48 bits per heavy atom. The number of hydrogen-bond acceptors (Lipinski definition) is 9. The molecule has 0 fully saturated rings. The standard InChI is InChI=1S/C18H22O9/c1-10(19)24-9-17(26-12(3)21)18(27-13(4)22)14-6-7-15(25-11(2)20)16(8-14)23-5/h6-8,17-18H,9H2,1-5H3/t17-,18+/m0/s1. The van der Waals surface area contributed by atoms with Crippen molar-refractivity contribution in [2.75, 3.05) is 13.7 Å². The van der Waals surface area contributed by atoms with Crippen molar-refractivity contribution in [1.29, 1.82) is 0 Å². The summed E-state index contributed by atoms with van der Waals surface area (Å²) in [5, 5.41) is 0. The maximum absolute atomic E-state index is 11.6. The van der Waals surface area contributed by atoms with Crippen LogP contribution >= 0.6 is 0 Å². The number of hydrogen-bond donors (Lipinski definition) is 0. The summed E-state index contributed by atoms with van der Waals surface area (Å²) < 4.78 is 25.6. The number of methoxy groups -OCH3 is 1. The van der Waals surface area contributed by atoms with Gasteiger partial charge in [-0.05, 0) is 12.1 Å².